The van der Waals surface area contributed by atoms with Crippen molar-refractivity contribution in [2.24, 2.45) is 5.41 Å². The van der Waals surface area contributed by atoms with Crippen molar-refractivity contribution in [2.45, 2.75) is 46.1 Å². The molecular formula is C21H27N5O. The Labute approximate surface area is 160 Å². The number of anilines is 1. The minimum absolute atomic E-state index is 0.150. The summed E-state index contributed by atoms with van der Waals surface area (Å²) in [6.45, 7) is 7.34. The van der Waals surface area contributed by atoms with Gasteiger partial charge in [0, 0.05) is 43.9 Å². The van der Waals surface area contributed by atoms with Crippen molar-refractivity contribution < 1.29 is 4.79 Å². The highest BCUT2D eigenvalue weighted by atomic mass is 16.2. The number of amides is 1. The highest BCUT2D eigenvalue weighted by Crippen LogP contribution is 2.40. The number of aryl methyl sites for hydroxylation is 2. The van der Waals surface area contributed by atoms with E-state index in [1.807, 2.05) is 18.0 Å². The second-order valence-electron chi connectivity index (χ2n) is 8.12. The molecule has 1 atom stereocenters. The van der Waals surface area contributed by atoms with Crippen LogP contribution in [0.25, 0.3) is 0 Å². The number of aromatic nitrogens is 3. The zero-order valence-corrected chi connectivity index (χ0v) is 16.2. The highest BCUT2D eigenvalue weighted by molar-refractivity contribution is 5.77. The van der Waals surface area contributed by atoms with Crippen LogP contribution in [0.1, 0.15) is 42.6 Å². The summed E-state index contributed by atoms with van der Waals surface area (Å²) in [7, 11) is 0. The van der Waals surface area contributed by atoms with Crippen molar-refractivity contribution in [1.29, 1.82) is 0 Å². The fourth-order valence-electron chi connectivity index (χ4n) is 4.33. The lowest BCUT2D eigenvalue weighted by molar-refractivity contribution is -0.138. The molecule has 2 saturated heterocycles. The third kappa shape index (κ3) is 3.94. The summed E-state index contributed by atoms with van der Waals surface area (Å²) in [6, 6.07) is 4.23. The lowest BCUT2D eigenvalue weighted by Gasteiger charge is -2.48. The topological polar surface area (TPSA) is 62.2 Å². The lowest BCUT2D eigenvalue weighted by Crippen LogP contribution is -2.54. The van der Waals surface area contributed by atoms with E-state index >= 15 is 0 Å². The fourth-order valence-corrected chi connectivity index (χ4v) is 4.33. The number of carbonyl (C=O) groups excluding carboxylic acids is 1. The van der Waals surface area contributed by atoms with Gasteiger partial charge >= 0.3 is 0 Å². The number of nitrogens with zero attached hydrogens (tertiary/aromatic N) is 5. The fraction of sp³-hybridized carbons (Fsp3) is 0.524. The molecule has 1 amide bonds. The minimum atomic E-state index is 0.150. The molecule has 2 aliphatic heterocycles. The number of hydrogen-bond donors (Lipinski definition) is 0. The Bertz CT molecular complexity index is 804. The molecule has 6 nitrogen and oxygen atoms in total. The Morgan fingerprint density at radius 1 is 1.04 bits per heavy atom. The van der Waals surface area contributed by atoms with E-state index in [-0.39, 0.29) is 11.3 Å². The maximum Gasteiger partial charge on any atom is 0.222 e. The summed E-state index contributed by atoms with van der Waals surface area (Å²) >= 11 is 0. The van der Waals surface area contributed by atoms with E-state index in [0.29, 0.717) is 13.0 Å². The molecule has 2 aromatic heterocycles. The average Bonchev–Trinajstić information content (AvgIpc) is 2.67. The first-order valence-electron chi connectivity index (χ1n) is 9.76. The predicted molar refractivity (Wildman–Crippen MR) is 104 cm³/mol. The summed E-state index contributed by atoms with van der Waals surface area (Å²) in [5, 5.41) is 0. The largest absolute Gasteiger partial charge is 0.356 e. The van der Waals surface area contributed by atoms with E-state index in [1.54, 1.807) is 12.4 Å². The Morgan fingerprint density at radius 3 is 2.67 bits per heavy atom. The van der Waals surface area contributed by atoms with Crippen molar-refractivity contribution >= 4 is 11.7 Å². The van der Waals surface area contributed by atoms with Crippen LogP contribution in [0.4, 0.5) is 5.82 Å². The first-order valence-corrected chi connectivity index (χ1v) is 9.76. The molecule has 4 rings (SSSR count). The van der Waals surface area contributed by atoms with E-state index < -0.39 is 0 Å². The molecule has 2 fully saturated rings. The maximum absolute atomic E-state index is 12.5. The van der Waals surface area contributed by atoms with E-state index in [0.717, 1.165) is 49.7 Å². The summed E-state index contributed by atoms with van der Waals surface area (Å²) < 4.78 is 0. The van der Waals surface area contributed by atoms with Gasteiger partial charge in [-0.25, -0.2) is 4.98 Å². The van der Waals surface area contributed by atoms with Gasteiger partial charge < -0.3 is 9.80 Å². The molecule has 4 heterocycles. The molecular weight excluding hydrogens is 338 g/mol. The van der Waals surface area contributed by atoms with Gasteiger partial charge in [-0.15, -0.1) is 0 Å². The minimum Gasteiger partial charge on any atom is -0.356 e. The molecule has 2 aliphatic rings. The normalized spacial score (nSPS) is 23.1. The van der Waals surface area contributed by atoms with Crippen LogP contribution >= 0.6 is 0 Å². The first kappa shape index (κ1) is 17.9. The van der Waals surface area contributed by atoms with Gasteiger partial charge in [0.1, 0.15) is 5.82 Å². The Kier molecular flexibility index (Phi) is 4.81. The van der Waals surface area contributed by atoms with Gasteiger partial charge in [-0.05, 0) is 44.7 Å². The third-order valence-corrected chi connectivity index (χ3v) is 5.82. The van der Waals surface area contributed by atoms with Crippen molar-refractivity contribution in [2.75, 3.05) is 24.5 Å². The molecule has 6 heteroatoms. The predicted octanol–water partition coefficient (Wildman–Crippen LogP) is 2.90. The number of rotatable bonds is 3. The Hall–Kier alpha value is -2.50. The Morgan fingerprint density at radius 2 is 1.93 bits per heavy atom. The molecule has 0 bridgehead atoms. The molecule has 0 N–H and O–H groups in total. The van der Waals surface area contributed by atoms with E-state index in [9.17, 15) is 4.79 Å². The van der Waals surface area contributed by atoms with Crippen molar-refractivity contribution in [3.63, 3.8) is 0 Å². The molecule has 0 radical (unpaired) electrons. The van der Waals surface area contributed by atoms with Crippen LogP contribution in [0.15, 0.2) is 30.7 Å². The number of likely N-dealkylation sites (tertiary alicyclic amines) is 1. The van der Waals surface area contributed by atoms with Crippen LogP contribution < -0.4 is 4.90 Å². The molecule has 0 unspecified atom stereocenters. The smallest absolute Gasteiger partial charge is 0.222 e. The SMILES string of the molecule is Cc1ccc(N2CCC[C@]3(CCC(=O)N(Cc4cnc(C)cn4)C3)C2)nc1. The van der Waals surface area contributed by atoms with Crippen LogP contribution in [0.3, 0.4) is 0 Å². The summed E-state index contributed by atoms with van der Waals surface area (Å²) in [5.74, 6) is 1.28. The lowest BCUT2D eigenvalue weighted by atomic mass is 9.73. The molecule has 27 heavy (non-hydrogen) atoms. The molecule has 0 saturated carbocycles. The monoisotopic (exact) mass is 365 g/mol. The first-order chi connectivity index (χ1) is 13.0. The van der Waals surface area contributed by atoms with Gasteiger partial charge in [-0.3, -0.25) is 14.8 Å². The standard InChI is InChI=1S/C21H27N5O/c1-16-4-5-19(24-10-16)25-9-3-7-21(14-25)8-6-20(27)26(15-21)13-18-12-22-17(2)11-23-18/h4-5,10-12H,3,6-9,13-15H2,1-2H3/t21-/m0/s1. The number of hydrogen-bond acceptors (Lipinski definition) is 5. The summed E-state index contributed by atoms with van der Waals surface area (Å²) in [6.07, 6.45) is 9.38. The summed E-state index contributed by atoms with van der Waals surface area (Å²) in [4.78, 5) is 30.3. The van der Waals surface area contributed by atoms with Crippen LogP contribution in [-0.4, -0.2) is 45.4 Å². The second kappa shape index (κ2) is 7.25. The molecule has 2 aromatic rings. The van der Waals surface area contributed by atoms with Crippen molar-refractivity contribution in [3.8, 4) is 0 Å². The van der Waals surface area contributed by atoms with Crippen LogP contribution in [0.5, 0.6) is 0 Å². The van der Waals surface area contributed by atoms with Gasteiger partial charge in [0.2, 0.25) is 5.91 Å². The van der Waals surface area contributed by atoms with Crippen LogP contribution in [0, 0.1) is 19.3 Å². The van der Waals surface area contributed by atoms with Crippen LogP contribution in [-0.2, 0) is 11.3 Å². The molecule has 0 aliphatic carbocycles. The van der Waals surface area contributed by atoms with Crippen molar-refractivity contribution in [1.82, 2.24) is 19.9 Å². The third-order valence-electron chi connectivity index (χ3n) is 5.82. The highest BCUT2D eigenvalue weighted by Gasteiger charge is 2.42. The van der Waals surface area contributed by atoms with Gasteiger partial charge in [-0.1, -0.05) is 6.07 Å². The summed E-state index contributed by atoms with van der Waals surface area (Å²) in [5.41, 5.74) is 3.09. The van der Waals surface area contributed by atoms with E-state index in [1.165, 1.54) is 12.0 Å². The molecule has 142 valence electrons. The van der Waals surface area contributed by atoms with E-state index in [4.69, 9.17) is 0 Å². The maximum atomic E-state index is 12.5. The van der Waals surface area contributed by atoms with Crippen LogP contribution in [0.2, 0.25) is 0 Å². The Balaban J connectivity index is 1.49. The zero-order valence-electron chi connectivity index (χ0n) is 16.2. The average molecular weight is 365 g/mol. The molecule has 1 spiro atoms. The molecule has 0 aromatic carbocycles. The number of carbonyl (C=O) groups is 1. The van der Waals surface area contributed by atoms with Crippen molar-refractivity contribution in [3.05, 3.63) is 47.7 Å². The van der Waals surface area contributed by atoms with Gasteiger partial charge in [0.25, 0.3) is 0 Å². The number of piperidine rings is 2. The number of pyridine rings is 1. The second-order valence-corrected chi connectivity index (χ2v) is 8.12. The van der Waals surface area contributed by atoms with E-state index in [2.05, 4.69) is 38.9 Å². The van der Waals surface area contributed by atoms with Gasteiger partial charge in [-0.2, -0.15) is 0 Å². The van der Waals surface area contributed by atoms with Gasteiger partial charge in [0.05, 0.1) is 24.1 Å². The quantitative estimate of drug-likeness (QED) is 0.837. The van der Waals surface area contributed by atoms with Gasteiger partial charge in [0.15, 0.2) is 0 Å². The zero-order chi connectivity index (χ0) is 18.9.